The van der Waals surface area contributed by atoms with Crippen LogP contribution < -0.4 is 9.47 Å². The predicted octanol–water partition coefficient (Wildman–Crippen LogP) is 1.87. The highest BCUT2D eigenvalue weighted by Crippen LogP contribution is 2.27. The minimum atomic E-state index is -0.0369. The van der Waals surface area contributed by atoms with E-state index < -0.39 is 0 Å². The van der Waals surface area contributed by atoms with Crippen LogP contribution in [-0.2, 0) is 11.2 Å². The highest BCUT2D eigenvalue weighted by Gasteiger charge is 2.23. The first-order chi connectivity index (χ1) is 13.1. The minimum Gasteiger partial charge on any atom is -0.493 e. The zero-order chi connectivity index (χ0) is 19.2. The summed E-state index contributed by atoms with van der Waals surface area (Å²) in [5.41, 5.74) is 0.882. The molecule has 1 amide bonds. The molecule has 0 bridgehead atoms. The Morgan fingerprint density at radius 3 is 2.41 bits per heavy atom. The van der Waals surface area contributed by atoms with E-state index in [2.05, 4.69) is 0 Å². The molecule has 144 valence electrons. The van der Waals surface area contributed by atoms with E-state index in [1.807, 2.05) is 21.9 Å². The summed E-state index contributed by atoms with van der Waals surface area (Å²) in [6, 6.07) is 8.88. The lowest BCUT2D eigenvalue weighted by atomic mass is 10.1. The summed E-state index contributed by atoms with van der Waals surface area (Å²) in [5, 5.41) is 0. The third-order valence-corrected chi connectivity index (χ3v) is 4.69. The Morgan fingerprint density at radius 1 is 1.04 bits per heavy atom. The number of amides is 1. The van der Waals surface area contributed by atoms with E-state index in [-0.39, 0.29) is 11.7 Å². The van der Waals surface area contributed by atoms with Crippen LogP contribution in [0.15, 0.2) is 41.0 Å². The average molecular weight is 372 g/mol. The highest BCUT2D eigenvalue weighted by molar-refractivity contribution is 5.95. The van der Waals surface area contributed by atoms with Crippen molar-refractivity contribution in [2.75, 3.05) is 46.9 Å². The molecule has 7 heteroatoms. The van der Waals surface area contributed by atoms with Gasteiger partial charge in [-0.05, 0) is 29.8 Å². The molecule has 0 saturated carbocycles. The average Bonchev–Trinajstić information content (AvgIpc) is 3.23. The van der Waals surface area contributed by atoms with Gasteiger partial charge in [0.15, 0.2) is 17.3 Å². The Bertz CT molecular complexity index is 780. The molecule has 0 radical (unpaired) electrons. The van der Waals surface area contributed by atoms with Crippen LogP contribution in [0.25, 0.3) is 0 Å². The minimum absolute atomic E-state index is 0.0369. The maximum absolute atomic E-state index is 12.6. The second kappa shape index (κ2) is 8.73. The molecule has 1 fully saturated rings. The topological polar surface area (TPSA) is 72.2 Å². The number of Topliss-reactive ketones (excluding diaryl/α,β-unsaturated/α-hetero) is 1. The number of furan rings is 1. The van der Waals surface area contributed by atoms with Gasteiger partial charge in [0.1, 0.15) is 0 Å². The van der Waals surface area contributed by atoms with E-state index >= 15 is 0 Å². The maximum Gasteiger partial charge on any atom is 0.227 e. The highest BCUT2D eigenvalue weighted by atomic mass is 16.5. The second-order valence-corrected chi connectivity index (χ2v) is 6.42. The van der Waals surface area contributed by atoms with E-state index in [9.17, 15) is 9.59 Å². The number of piperazine rings is 1. The van der Waals surface area contributed by atoms with Gasteiger partial charge in [-0.2, -0.15) is 0 Å². The first-order valence-corrected chi connectivity index (χ1v) is 8.88. The summed E-state index contributed by atoms with van der Waals surface area (Å²) < 4.78 is 15.7. The van der Waals surface area contributed by atoms with Crippen LogP contribution in [0.1, 0.15) is 16.1 Å². The molecule has 27 heavy (non-hydrogen) atoms. The summed E-state index contributed by atoms with van der Waals surface area (Å²) in [4.78, 5) is 28.6. The maximum atomic E-state index is 12.6. The second-order valence-electron chi connectivity index (χ2n) is 6.42. The van der Waals surface area contributed by atoms with E-state index in [4.69, 9.17) is 13.9 Å². The van der Waals surface area contributed by atoms with Crippen molar-refractivity contribution in [1.29, 1.82) is 0 Å². The van der Waals surface area contributed by atoms with Gasteiger partial charge in [-0.25, -0.2) is 0 Å². The number of nitrogens with zero attached hydrogens (tertiary/aromatic N) is 2. The van der Waals surface area contributed by atoms with Crippen LogP contribution >= 0.6 is 0 Å². The number of hydrogen-bond donors (Lipinski definition) is 0. The number of hydrogen-bond acceptors (Lipinski definition) is 6. The van der Waals surface area contributed by atoms with Gasteiger partial charge in [0, 0.05) is 26.2 Å². The van der Waals surface area contributed by atoms with Gasteiger partial charge in [-0.1, -0.05) is 6.07 Å². The van der Waals surface area contributed by atoms with Crippen molar-refractivity contribution in [1.82, 2.24) is 9.80 Å². The molecule has 0 unspecified atom stereocenters. The van der Waals surface area contributed by atoms with Crippen LogP contribution in [0.4, 0.5) is 0 Å². The summed E-state index contributed by atoms with van der Waals surface area (Å²) in [6.07, 6.45) is 1.81. The molecule has 7 nitrogen and oxygen atoms in total. The first kappa shape index (κ1) is 19.0. The quantitative estimate of drug-likeness (QED) is 0.691. The molecule has 0 aliphatic carbocycles. The fourth-order valence-electron chi connectivity index (χ4n) is 3.15. The Balaban J connectivity index is 1.50. The van der Waals surface area contributed by atoms with Crippen molar-refractivity contribution < 1.29 is 23.5 Å². The third-order valence-electron chi connectivity index (χ3n) is 4.69. The molecule has 0 atom stereocenters. The molecule has 1 aliphatic heterocycles. The fourth-order valence-corrected chi connectivity index (χ4v) is 3.15. The summed E-state index contributed by atoms with van der Waals surface area (Å²) in [6.45, 7) is 2.87. The van der Waals surface area contributed by atoms with Gasteiger partial charge in [0.05, 0.1) is 33.4 Å². The van der Waals surface area contributed by atoms with Gasteiger partial charge in [0.25, 0.3) is 0 Å². The van der Waals surface area contributed by atoms with Crippen molar-refractivity contribution in [2.45, 2.75) is 6.42 Å². The van der Waals surface area contributed by atoms with Crippen LogP contribution in [0.5, 0.6) is 11.5 Å². The van der Waals surface area contributed by atoms with Gasteiger partial charge in [-0.3, -0.25) is 14.5 Å². The Morgan fingerprint density at radius 2 is 1.78 bits per heavy atom. The molecular weight excluding hydrogens is 348 g/mol. The van der Waals surface area contributed by atoms with E-state index in [1.165, 1.54) is 6.26 Å². The molecule has 3 rings (SSSR count). The Hall–Kier alpha value is -2.80. The van der Waals surface area contributed by atoms with Crippen LogP contribution in [0, 0.1) is 0 Å². The number of benzene rings is 1. The Labute approximate surface area is 158 Å². The number of carbonyl (C=O) groups is 2. The van der Waals surface area contributed by atoms with Crippen LogP contribution in [-0.4, -0.2) is 68.4 Å². The first-order valence-electron chi connectivity index (χ1n) is 8.88. The normalized spacial score (nSPS) is 14.8. The summed E-state index contributed by atoms with van der Waals surface area (Å²) in [5.74, 6) is 1.67. The monoisotopic (exact) mass is 372 g/mol. The van der Waals surface area contributed by atoms with Crippen molar-refractivity contribution in [2.24, 2.45) is 0 Å². The van der Waals surface area contributed by atoms with Gasteiger partial charge in [-0.15, -0.1) is 0 Å². The summed E-state index contributed by atoms with van der Waals surface area (Å²) >= 11 is 0. The number of carbonyl (C=O) groups excluding carboxylic acids is 2. The SMILES string of the molecule is COc1ccc(CC(=O)N2CCN(CC(=O)c3ccco3)CC2)cc1OC. The molecule has 2 heterocycles. The fraction of sp³-hybridized carbons (Fsp3) is 0.400. The third kappa shape index (κ3) is 4.68. The molecule has 1 aliphatic rings. The van der Waals surface area contributed by atoms with E-state index in [0.29, 0.717) is 56.4 Å². The lowest BCUT2D eigenvalue weighted by Gasteiger charge is -2.34. The van der Waals surface area contributed by atoms with Crippen LogP contribution in [0.2, 0.25) is 0 Å². The number of rotatable bonds is 7. The molecule has 1 saturated heterocycles. The Kier molecular flexibility index (Phi) is 6.13. The molecular formula is C20H24N2O5. The molecule has 0 N–H and O–H groups in total. The number of ether oxygens (including phenoxy) is 2. The number of ketones is 1. The molecule has 1 aromatic heterocycles. The molecule has 2 aromatic rings. The van der Waals surface area contributed by atoms with Crippen molar-refractivity contribution in [3.63, 3.8) is 0 Å². The number of methoxy groups -OCH3 is 2. The lowest BCUT2D eigenvalue weighted by Crippen LogP contribution is -2.50. The van der Waals surface area contributed by atoms with Crippen molar-refractivity contribution in [3.8, 4) is 11.5 Å². The van der Waals surface area contributed by atoms with Crippen molar-refractivity contribution >= 4 is 11.7 Å². The standard InChI is InChI=1S/C20H24N2O5/c1-25-18-6-5-15(12-19(18)26-2)13-20(24)22-9-7-21(8-10-22)14-16(23)17-4-3-11-27-17/h3-6,11-12H,7-10,13-14H2,1-2H3. The molecule has 1 aromatic carbocycles. The van der Waals surface area contributed by atoms with Gasteiger partial charge < -0.3 is 18.8 Å². The van der Waals surface area contributed by atoms with Gasteiger partial charge in [0.2, 0.25) is 11.7 Å². The van der Waals surface area contributed by atoms with Crippen LogP contribution in [0.3, 0.4) is 0 Å². The van der Waals surface area contributed by atoms with Gasteiger partial charge >= 0.3 is 0 Å². The van der Waals surface area contributed by atoms with Crippen molar-refractivity contribution in [3.05, 3.63) is 47.9 Å². The smallest absolute Gasteiger partial charge is 0.227 e. The van der Waals surface area contributed by atoms with E-state index in [1.54, 1.807) is 32.4 Å². The largest absolute Gasteiger partial charge is 0.493 e. The lowest BCUT2D eigenvalue weighted by molar-refractivity contribution is -0.132. The zero-order valence-electron chi connectivity index (χ0n) is 15.6. The van der Waals surface area contributed by atoms with E-state index in [0.717, 1.165) is 5.56 Å². The summed E-state index contributed by atoms with van der Waals surface area (Å²) in [7, 11) is 3.16. The zero-order valence-corrected chi connectivity index (χ0v) is 15.6. The molecule has 0 spiro atoms. The predicted molar refractivity (Wildman–Crippen MR) is 99.3 cm³/mol.